The maximum Gasteiger partial charge on any atom is 0.258 e. The summed E-state index contributed by atoms with van der Waals surface area (Å²) in [6, 6.07) is 5.51. The molecule has 1 N–H and O–H groups in total. The van der Waals surface area contributed by atoms with Crippen LogP contribution in [0.4, 0.5) is 0 Å². The minimum Gasteiger partial charge on any atom is -0.314 e. The van der Waals surface area contributed by atoms with Gasteiger partial charge in [0.15, 0.2) is 0 Å². The van der Waals surface area contributed by atoms with Gasteiger partial charge >= 0.3 is 0 Å². The van der Waals surface area contributed by atoms with Gasteiger partial charge in [0.25, 0.3) is 5.56 Å². The van der Waals surface area contributed by atoms with Crippen LogP contribution in [-0.2, 0) is 6.54 Å². The van der Waals surface area contributed by atoms with Gasteiger partial charge in [0.1, 0.15) is 5.65 Å². The fourth-order valence-electron chi connectivity index (χ4n) is 2.49. The van der Waals surface area contributed by atoms with E-state index in [9.17, 15) is 4.79 Å². The van der Waals surface area contributed by atoms with Gasteiger partial charge in [-0.15, -0.1) is 0 Å². The predicted octanol–water partition coefficient (Wildman–Crippen LogP) is 0.408. The summed E-state index contributed by atoms with van der Waals surface area (Å²) >= 11 is 0. The molecule has 0 radical (unpaired) electrons. The van der Waals surface area contributed by atoms with E-state index in [1.54, 1.807) is 16.7 Å². The second kappa shape index (κ2) is 5.11. The molecule has 5 heteroatoms. The second-order valence-electron chi connectivity index (χ2n) is 5.00. The zero-order valence-electron chi connectivity index (χ0n) is 11.1. The number of rotatable bonds is 2. The Balaban J connectivity index is 1.96. The number of hydrogen-bond acceptors (Lipinski definition) is 4. The van der Waals surface area contributed by atoms with E-state index in [1.807, 2.05) is 19.1 Å². The van der Waals surface area contributed by atoms with Crippen molar-refractivity contribution in [2.75, 3.05) is 26.2 Å². The average molecular weight is 258 g/mol. The SMILES string of the molecule is Cc1cccn2c(=O)cc(CN3CCNCC3)nc12. The van der Waals surface area contributed by atoms with Gasteiger partial charge in [0.2, 0.25) is 0 Å². The van der Waals surface area contributed by atoms with Crippen molar-refractivity contribution in [3.8, 4) is 0 Å². The molecule has 1 aliphatic heterocycles. The van der Waals surface area contributed by atoms with Gasteiger partial charge in [-0.3, -0.25) is 14.1 Å². The normalized spacial score (nSPS) is 16.9. The Morgan fingerprint density at radius 3 is 2.95 bits per heavy atom. The molecule has 1 aliphatic rings. The van der Waals surface area contributed by atoms with Crippen LogP contribution >= 0.6 is 0 Å². The molecule has 0 unspecified atom stereocenters. The summed E-state index contributed by atoms with van der Waals surface area (Å²) in [7, 11) is 0. The Morgan fingerprint density at radius 2 is 2.16 bits per heavy atom. The van der Waals surface area contributed by atoms with Crippen molar-refractivity contribution in [2.24, 2.45) is 0 Å². The van der Waals surface area contributed by atoms with Gasteiger partial charge in [-0.25, -0.2) is 4.98 Å². The molecule has 19 heavy (non-hydrogen) atoms. The fourth-order valence-corrected chi connectivity index (χ4v) is 2.49. The molecule has 3 heterocycles. The average Bonchev–Trinajstić information content (AvgIpc) is 2.41. The highest BCUT2D eigenvalue weighted by atomic mass is 16.1. The van der Waals surface area contributed by atoms with Crippen LogP contribution in [-0.4, -0.2) is 40.5 Å². The van der Waals surface area contributed by atoms with Crippen molar-refractivity contribution >= 4 is 5.65 Å². The number of hydrogen-bond donors (Lipinski definition) is 1. The lowest BCUT2D eigenvalue weighted by Gasteiger charge is -2.26. The Kier molecular flexibility index (Phi) is 3.31. The fraction of sp³-hybridized carbons (Fsp3) is 0.429. The first-order chi connectivity index (χ1) is 9.24. The first-order valence-corrected chi connectivity index (χ1v) is 6.65. The van der Waals surface area contributed by atoms with Crippen LogP contribution in [0.25, 0.3) is 5.65 Å². The quantitative estimate of drug-likeness (QED) is 0.847. The highest BCUT2D eigenvalue weighted by Gasteiger charge is 2.12. The smallest absolute Gasteiger partial charge is 0.258 e. The molecule has 0 aliphatic carbocycles. The van der Waals surface area contributed by atoms with Gasteiger partial charge < -0.3 is 5.32 Å². The van der Waals surface area contributed by atoms with E-state index in [0.717, 1.165) is 49.6 Å². The lowest BCUT2D eigenvalue weighted by Crippen LogP contribution is -2.43. The molecule has 2 aromatic rings. The third-order valence-electron chi connectivity index (χ3n) is 3.53. The van der Waals surface area contributed by atoms with Gasteiger partial charge in [-0.1, -0.05) is 6.07 Å². The Labute approximate surface area is 111 Å². The van der Waals surface area contributed by atoms with Crippen LogP contribution in [0.3, 0.4) is 0 Å². The number of nitrogens with one attached hydrogen (secondary N) is 1. The Morgan fingerprint density at radius 1 is 1.37 bits per heavy atom. The lowest BCUT2D eigenvalue weighted by molar-refractivity contribution is 0.230. The van der Waals surface area contributed by atoms with E-state index in [4.69, 9.17) is 0 Å². The molecule has 0 aromatic carbocycles. The number of aromatic nitrogens is 2. The van der Waals surface area contributed by atoms with E-state index in [2.05, 4.69) is 15.2 Å². The minimum absolute atomic E-state index is 0.00108. The predicted molar refractivity (Wildman–Crippen MR) is 74.3 cm³/mol. The van der Waals surface area contributed by atoms with Crippen molar-refractivity contribution in [1.29, 1.82) is 0 Å². The number of fused-ring (bicyclic) bond motifs is 1. The molecule has 0 spiro atoms. The van der Waals surface area contributed by atoms with Crippen LogP contribution < -0.4 is 10.9 Å². The van der Waals surface area contributed by atoms with Gasteiger partial charge in [-0.2, -0.15) is 0 Å². The van der Waals surface area contributed by atoms with Gasteiger partial charge in [0.05, 0.1) is 5.69 Å². The molecule has 0 amide bonds. The zero-order valence-corrected chi connectivity index (χ0v) is 11.1. The third-order valence-corrected chi connectivity index (χ3v) is 3.53. The third kappa shape index (κ3) is 2.52. The molecule has 5 nitrogen and oxygen atoms in total. The standard InChI is InChI=1S/C14H18N4O/c1-11-3-2-6-18-13(19)9-12(16-14(11)18)10-17-7-4-15-5-8-17/h2-3,6,9,15H,4-5,7-8,10H2,1H3. The molecule has 0 bridgehead atoms. The summed E-state index contributed by atoms with van der Waals surface area (Å²) in [5.74, 6) is 0. The molecule has 2 aromatic heterocycles. The molecular weight excluding hydrogens is 240 g/mol. The molecule has 1 fully saturated rings. The summed E-state index contributed by atoms with van der Waals surface area (Å²) in [6.07, 6.45) is 1.77. The number of nitrogens with zero attached hydrogens (tertiary/aromatic N) is 3. The summed E-state index contributed by atoms with van der Waals surface area (Å²) in [6.45, 7) is 6.76. The van der Waals surface area contributed by atoms with E-state index in [0.29, 0.717) is 0 Å². The molecule has 0 saturated carbocycles. The monoisotopic (exact) mass is 258 g/mol. The van der Waals surface area contributed by atoms with Crippen molar-refractivity contribution in [2.45, 2.75) is 13.5 Å². The van der Waals surface area contributed by atoms with E-state index in [1.165, 1.54) is 0 Å². The molecule has 0 atom stereocenters. The summed E-state index contributed by atoms with van der Waals surface area (Å²) in [5.41, 5.74) is 2.65. The molecule has 3 rings (SSSR count). The van der Waals surface area contributed by atoms with E-state index < -0.39 is 0 Å². The highest BCUT2D eigenvalue weighted by Crippen LogP contribution is 2.07. The minimum atomic E-state index is -0.00108. The van der Waals surface area contributed by atoms with Crippen molar-refractivity contribution in [3.05, 3.63) is 46.0 Å². The Hall–Kier alpha value is -1.72. The largest absolute Gasteiger partial charge is 0.314 e. The van der Waals surface area contributed by atoms with Crippen LogP contribution in [0.2, 0.25) is 0 Å². The molecular formula is C14H18N4O. The van der Waals surface area contributed by atoms with E-state index in [-0.39, 0.29) is 5.56 Å². The maximum absolute atomic E-state index is 12.1. The number of pyridine rings is 1. The maximum atomic E-state index is 12.1. The van der Waals surface area contributed by atoms with Crippen molar-refractivity contribution in [3.63, 3.8) is 0 Å². The second-order valence-corrected chi connectivity index (χ2v) is 5.00. The van der Waals surface area contributed by atoms with E-state index >= 15 is 0 Å². The van der Waals surface area contributed by atoms with Crippen molar-refractivity contribution in [1.82, 2.24) is 19.6 Å². The van der Waals surface area contributed by atoms with Crippen LogP contribution in [0.1, 0.15) is 11.3 Å². The number of piperazine rings is 1. The molecule has 1 saturated heterocycles. The Bertz CT molecular complexity index is 643. The first kappa shape index (κ1) is 12.3. The lowest BCUT2D eigenvalue weighted by atomic mass is 10.2. The summed E-state index contributed by atoms with van der Waals surface area (Å²) < 4.78 is 1.61. The van der Waals surface area contributed by atoms with Gasteiger partial charge in [0, 0.05) is 45.0 Å². The van der Waals surface area contributed by atoms with Crippen LogP contribution in [0, 0.1) is 6.92 Å². The van der Waals surface area contributed by atoms with Crippen LogP contribution in [0.15, 0.2) is 29.2 Å². The zero-order chi connectivity index (χ0) is 13.2. The van der Waals surface area contributed by atoms with Gasteiger partial charge in [-0.05, 0) is 18.6 Å². The topological polar surface area (TPSA) is 49.6 Å². The van der Waals surface area contributed by atoms with Crippen molar-refractivity contribution < 1.29 is 0 Å². The number of aryl methyl sites for hydroxylation is 1. The summed E-state index contributed by atoms with van der Waals surface area (Å²) in [4.78, 5) is 19.0. The first-order valence-electron chi connectivity index (χ1n) is 6.65. The summed E-state index contributed by atoms with van der Waals surface area (Å²) in [5, 5.41) is 3.32. The molecule has 100 valence electrons. The highest BCUT2D eigenvalue weighted by molar-refractivity contribution is 5.46. The van der Waals surface area contributed by atoms with Crippen LogP contribution in [0.5, 0.6) is 0 Å².